The molecule has 6 heteroatoms. The van der Waals surface area contributed by atoms with E-state index in [-0.39, 0.29) is 0 Å². The fraction of sp³-hybridized carbons (Fsp3) is 0.800. The summed E-state index contributed by atoms with van der Waals surface area (Å²) in [6.07, 6.45) is 2.79. The van der Waals surface area contributed by atoms with Gasteiger partial charge in [-0.15, -0.1) is 0 Å². The van der Waals surface area contributed by atoms with Crippen molar-refractivity contribution < 1.29 is 4.74 Å². The topological polar surface area (TPSA) is 52.0 Å². The van der Waals surface area contributed by atoms with Crippen LogP contribution in [0.1, 0.15) is 6.42 Å². The molecule has 0 aromatic carbocycles. The molecular formula is C10H18N4OS. The summed E-state index contributed by atoms with van der Waals surface area (Å²) in [7, 11) is 1.92. The molecule has 0 radical (unpaired) electrons. The van der Waals surface area contributed by atoms with Crippen LogP contribution in [0.2, 0.25) is 0 Å². The van der Waals surface area contributed by atoms with Gasteiger partial charge in [0.25, 0.3) is 0 Å². The normalized spacial score (nSPS) is 20.4. The van der Waals surface area contributed by atoms with Crippen LogP contribution < -0.4 is 5.32 Å². The van der Waals surface area contributed by atoms with Gasteiger partial charge < -0.3 is 10.1 Å². The number of rotatable bonds is 6. The second kappa shape index (κ2) is 6.22. The minimum absolute atomic E-state index is 0.708. The van der Waals surface area contributed by atoms with E-state index in [9.17, 15) is 0 Å². The van der Waals surface area contributed by atoms with E-state index < -0.39 is 0 Å². The lowest BCUT2D eigenvalue weighted by Crippen LogP contribution is -2.25. The van der Waals surface area contributed by atoms with Crippen LogP contribution in [0, 0.1) is 5.92 Å². The summed E-state index contributed by atoms with van der Waals surface area (Å²) < 4.78 is 7.12. The van der Waals surface area contributed by atoms with Gasteiger partial charge in [0.15, 0.2) is 5.16 Å². The van der Waals surface area contributed by atoms with Crippen molar-refractivity contribution in [3.05, 3.63) is 6.33 Å². The number of aromatic nitrogens is 3. The molecule has 16 heavy (non-hydrogen) atoms. The molecule has 2 heterocycles. The molecule has 1 aliphatic rings. The highest BCUT2D eigenvalue weighted by atomic mass is 32.2. The molecule has 1 aliphatic heterocycles. The molecule has 0 amide bonds. The standard InChI is InChI=1S/C10H18N4OS/c1-14-10(12-8-13-14)16-5-3-11-6-9-2-4-15-7-9/h8-9,11H,2-7H2,1H3. The highest BCUT2D eigenvalue weighted by Crippen LogP contribution is 2.12. The molecule has 5 nitrogen and oxygen atoms in total. The maximum atomic E-state index is 5.32. The molecule has 1 unspecified atom stereocenters. The number of hydrogen-bond donors (Lipinski definition) is 1. The Morgan fingerprint density at radius 3 is 3.31 bits per heavy atom. The summed E-state index contributed by atoms with van der Waals surface area (Å²) >= 11 is 1.73. The van der Waals surface area contributed by atoms with E-state index in [0.717, 1.165) is 37.2 Å². The van der Waals surface area contributed by atoms with E-state index in [4.69, 9.17) is 4.74 Å². The Morgan fingerprint density at radius 2 is 2.62 bits per heavy atom. The first-order valence-electron chi connectivity index (χ1n) is 5.61. The summed E-state index contributed by atoms with van der Waals surface area (Å²) in [6, 6.07) is 0. The van der Waals surface area contributed by atoms with E-state index >= 15 is 0 Å². The number of ether oxygens (including phenoxy) is 1. The molecule has 0 bridgehead atoms. The van der Waals surface area contributed by atoms with Gasteiger partial charge in [-0.2, -0.15) is 5.10 Å². The van der Waals surface area contributed by atoms with Crippen LogP contribution in [0.3, 0.4) is 0 Å². The number of thioether (sulfide) groups is 1. The smallest absolute Gasteiger partial charge is 0.185 e. The third-order valence-corrected chi connectivity index (χ3v) is 3.67. The van der Waals surface area contributed by atoms with Crippen LogP contribution in [0.25, 0.3) is 0 Å². The first kappa shape index (κ1) is 11.9. The molecule has 1 N–H and O–H groups in total. The average molecular weight is 242 g/mol. The highest BCUT2D eigenvalue weighted by Gasteiger charge is 2.14. The predicted molar refractivity (Wildman–Crippen MR) is 63.5 cm³/mol. The average Bonchev–Trinajstić information content (AvgIpc) is 2.90. The number of aryl methyl sites for hydroxylation is 1. The Labute approximate surface area is 100.0 Å². The van der Waals surface area contributed by atoms with E-state index in [1.165, 1.54) is 6.42 Å². The van der Waals surface area contributed by atoms with Crippen molar-refractivity contribution in [3.63, 3.8) is 0 Å². The summed E-state index contributed by atoms with van der Waals surface area (Å²) in [5.74, 6) is 1.74. The zero-order valence-corrected chi connectivity index (χ0v) is 10.4. The lowest BCUT2D eigenvalue weighted by Gasteiger charge is -2.08. The van der Waals surface area contributed by atoms with Crippen molar-refractivity contribution in [3.8, 4) is 0 Å². The van der Waals surface area contributed by atoms with Crippen molar-refractivity contribution in [1.29, 1.82) is 0 Å². The first-order valence-corrected chi connectivity index (χ1v) is 6.60. The SMILES string of the molecule is Cn1ncnc1SCCNCC1CCOC1. The molecule has 1 aromatic heterocycles. The number of hydrogen-bond acceptors (Lipinski definition) is 5. The van der Waals surface area contributed by atoms with Crippen LogP contribution >= 0.6 is 11.8 Å². The van der Waals surface area contributed by atoms with Crippen LogP contribution in [-0.2, 0) is 11.8 Å². The maximum Gasteiger partial charge on any atom is 0.185 e. The van der Waals surface area contributed by atoms with Crippen LogP contribution in [0.15, 0.2) is 11.5 Å². The number of nitrogens with one attached hydrogen (secondary N) is 1. The first-order chi connectivity index (χ1) is 7.86. The van der Waals surface area contributed by atoms with E-state index in [0.29, 0.717) is 5.92 Å². The van der Waals surface area contributed by atoms with Gasteiger partial charge in [0.05, 0.1) is 6.61 Å². The van der Waals surface area contributed by atoms with Crippen LogP contribution in [0.5, 0.6) is 0 Å². The molecule has 2 rings (SSSR count). The van der Waals surface area contributed by atoms with Gasteiger partial charge in [-0.05, 0) is 12.3 Å². The largest absolute Gasteiger partial charge is 0.381 e. The fourth-order valence-corrected chi connectivity index (χ4v) is 2.47. The Bertz CT molecular complexity index is 312. The monoisotopic (exact) mass is 242 g/mol. The molecular weight excluding hydrogens is 224 g/mol. The van der Waals surface area contributed by atoms with Crippen molar-refractivity contribution in [2.75, 3.05) is 32.1 Å². The van der Waals surface area contributed by atoms with Gasteiger partial charge in [0.1, 0.15) is 6.33 Å². The Hall–Kier alpha value is -0.590. The minimum Gasteiger partial charge on any atom is -0.381 e. The summed E-state index contributed by atoms with van der Waals surface area (Å²) in [4.78, 5) is 4.16. The lowest BCUT2D eigenvalue weighted by atomic mass is 10.1. The Kier molecular flexibility index (Phi) is 4.62. The molecule has 1 saturated heterocycles. The second-order valence-electron chi connectivity index (χ2n) is 3.95. The third kappa shape index (κ3) is 3.47. The van der Waals surface area contributed by atoms with Gasteiger partial charge in [-0.1, -0.05) is 11.8 Å². The maximum absolute atomic E-state index is 5.32. The van der Waals surface area contributed by atoms with E-state index in [1.807, 2.05) is 7.05 Å². The van der Waals surface area contributed by atoms with E-state index in [2.05, 4.69) is 15.4 Å². The van der Waals surface area contributed by atoms with Gasteiger partial charge in [-0.25, -0.2) is 9.67 Å². The zero-order valence-electron chi connectivity index (χ0n) is 9.56. The fourth-order valence-electron chi connectivity index (χ4n) is 1.68. The van der Waals surface area contributed by atoms with Gasteiger partial charge in [-0.3, -0.25) is 0 Å². The quantitative estimate of drug-likeness (QED) is 0.582. The molecule has 0 aliphatic carbocycles. The predicted octanol–water partition coefficient (Wildman–Crippen LogP) is 0.533. The third-order valence-electron chi connectivity index (χ3n) is 2.64. The molecule has 1 aromatic rings. The zero-order chi connectivity index (χ0) is 11.2. The molecule has 0 saturated carbocycles. The molecule has 1 atom stereocenters. The van der Waals surface area contributed by atoms with Crippen molar-refractivity contribution in [2.24, 2.45) is 13.0 Å². The summed E-state index contributed by atoms with van der Waals surface area (Å²) in [5, 5.41) is 8.46. The van der Waals surface area contributed by atoms with Crippen molar-refractivity contribution in [2.45, 2.75) is 11.6 Å². The van der Waals surface area contributed by atoms with Crippen molar-refractivity contribution >= 4 is 11.8 Å². The summed E-state index contributed by atoms with van der Waals surface area (Å²) in [5.41, 5.74) is 0. The Morgan fingerprint density at radius 1 is 1.69 bits per heavy atom. The molecule has 1 fully saturated rings. The van der Waals surface area contributed by atoms with Crippen LogP contribution in [-0.4, -0.2) is 46.8 Å². The molecule has 0 spiro atoms. The van der Waals surface area contributed by atoms with Gasteiger partial charge >= 0.3 is 0 Å². The van der Waals surface area contributed by atoms with Gasteiger partial charge in [0.2, 0.25) is 0 Å². The van der Waals surface area contributed by atoms with Crippen LogP contribution in [0.4, 0.5) is 0 Å². The minimum atomic E-state index is 0.708. The summed E-state index contributed by atoms with van der Waals surface area (Å²) in [6.45, 7) is 3.93. The second-order valence-corrected chi connectivity index (χ2v) is 5.01. The van der Waals surface area contributed by atoms with Gasteiger partial charge in [0, 0.05) is 32.5 Å². The molecule has 90 valence electrons. The Balaban J connectivity index is 1.53. The lowest BCUT2D eigenvalue weighted by molar-refractivity contribution is 0.185. The van der Waals surface area contributed by atoms with E-state index in [1.54, 1.807) is 22.8 Å². The van der Waals surface area contributed by atoms with Crippen molar-refractivity contribution in [1.82, 2.24) is 20.1 Å². The number of nitrogens with zero attached hydrogens (tertiary/aromatic N) is 3. The highest BCUT2D eigenvalue weighted by molar-refractivity contribution is 7.99.